The number of nitrogens with one attached hydrogen (secondary N) is 2. The molecule has 1 aromatic rings. The van der Waals surface area contributed by atoms with Crippen LogP contribution in [0.3, 0.4) is 0 Å². The van der Waals surface area contributed by atoms with Crippen molar-refractivity contribution in [2.75, 3.05) is 13.2 Å². The Morgan fingerprint density at radius 3 is 3.11 bits per heavy atom. The molecule has 0 aromatic heterocycles. The summed E-state index contributed by atoms with van der Waals surface area (Å²) in [7, 11) is 0. The third-order valence-electron chi connectivity index (χ3n) is 2.82. The molecule has 19 heavy (non-hydrogen) atoms. The molecule has 2 rings (SSSR count). The zero-order chi connectivity index (χ0) is 13.5. The molecule has 0 spiro atoms. The van der Waals surface area contributed by atoms with E-state index in [-0.39, 0.29) is 11.9 Å². The Kier molecular flexibility index (Phi) is 5.11. The predicted octanol–water partition coefficient (Wildman–Crippen LogP) is 1.37. The minimum atomic E-state index is 0.186. The zero-order valence-corrected chi connectivity index (χ0v) is 11.3. The Morgan fingerprint density at radius 1 is 1.53 bits per heavy atom. The molecule has 1 aliphatic heterocycles. The second kappa shape index (κ2) is 7.06. The van der Waals surface area contributed by atoms with Crippen molar-refractivity contribution in [1.82, 2.24) is 10.7 Å². The van der Waals surface area contributed by atoms with Crippen molar-refractivity contribution >= 4 is 23.5 Å². The van der Waals surface area contributed by atoms with Crippen molar-refractivity contribution in [2.45, 2.75) is 18.9 Å². The molecular weight excluding hydrogens is 262 g/mol. The number of hydrazone groups is 1. The molecule has 102 valence electrons. The van der Waals surface area contributed by atoms with E-state index in [1.54, 1.807) is 18.2 Å². The van der Waals surface area contributed by atoms with Crippen LogP contribution in [-0.4, -0.2) is 35.7 Å². The van der Waals surface area contributed by atoms with E-state index >= 15 is 0 Å². The number of hydrogen-bond donors (Lipinski definition) is 3. The van der Waals surface area contributed by atoms with Gasteiger partial charge in [0.2, 0.25) is 0 Å². The molecule has 6 heteroatoms. The maximum Gasteiger partial charge on any atom is 0.187 e. The Morgan fingerprint density at radius 2 is 2.37 bits per heavy atom. The number of phenols is 1. The summed E-state index contributed by atoms with van der Waals surface area (Å²) in [5, 5.41) is 17.0. The minimum absolute atomic E-state index is 0.186. The average Bonchev–Trinajstić information content (AvgIpc) is 2.92. The third kappa shape index (κ3) is 4.50. The minimum Gasteiger partial charge on any atom is -0.507 e. The van der Waals surface area contributed by atoms with Crippen molar-refractivity contribution in [3.63, 3.8) is 0 Å². The SMILES string of the molecule is Oc1ccccc1C=NNC(=S)NCC1CCCO1. The molecule has 1 heterocycles. The lowest BCUT2D eigenvalue weighted by atomic mass is 10.2. The normalized spacial score (nSPS) is 18.6. The molecule has 0 bridgehead atoms. The first kappa shape index (κ1) is 13.8. The maximum atomic E-state index is 9.54. The van der Waals surface area contributed by atoms with Gasteiger partial charge in [0.1, 0.15) is 5.75 Å². The molecule has 0 amide bonds. The van der Waals surface area contributed by atoms with E-state index in [4.69, 9.17) is 17.0 Å². The predicted molar refractivity (Wildman–Crippen MR) is 78.4 cm³/mol. The fraction of sp³-hybridized carbons (Fsp3) is 0.385. The largest absolute Gasteiger partial charge is 0.507 e. The van der Waals surface area contributed by atoms with Crippen LogP contribution in [0.1, 0.15) is 18.4 Å². The first-order valence-corrected chi connectivity index (χ1v) is 6.63. The molecule has 1 atom stereocenters. The van der Waals surface area contributed by atoms with E-state index in [9.17, 15) is 5.11 Å². The quantitative estimate of drug-likeness (QED) is 0.441. The lowest BCUT2D eigenvalue weighted by Crippen LogP contribution is -2.37. The lowest BCUT2D eigenvalue weighted by Gasteiger charge is -2.11. The van der Waals surface area contributed by atoms with Crippen LogP contribution in [0.5, 0.6) is 5.75 Å². The van der Waals surface area contributed by atoms with Crippen LogP contribution in [0, 0.1) is 0 Å². The molecule has 0 aliphatic carbocycles. The molecule has 3 N–H and O–H groups in total. The molecule has 1 aliphatic rings. The van der Waals surface area contributed by atoms with E-state index < -0.39 is 0 Å². The van der Waals surface area contributed by atoms with Gasteiger partial charge in [0.15, 0.2) is 5.11 Å². The second-order valence-corrected chi connectivity index (χ2v) is 4.68. The van der Waals surface area contributed by atoms with E-state index in [1.165, 1.54) is 6.21 Å². The average molecular weight is 279 g/mol. The van der Waals surface area contributed by atoms with Crippen LogP contribution in [0.25, 0.3) is 0 Å². The topological polar surface area (TPSA) is 65.9 Å². The van der Waals surface area contributed by atoms with Gasteiger partial charge >= 0.3 is 0 Å². The maximum absolute atomic E-state index is 9.54. The summed E-state index contributed by atoms with van der Waals surface area (Å²) in [4.78, 5) is 0. The van der Waals surface area contributed by atoms with Gasteiger partial charge in [-0.15, -0.1) is 0 Å². The van der Waals surface area contributed by atoms with Crippen LogP contribution in [0.15, 0.2) is 29.4 Å². The van der Waals surface area contributed by atoms with Gasteiger partial charge < -0.3 is 15.2 Å². The summed E-state index contributed by atoms with van der Waals surface area (Å²) in [6.45, 7) is 1.52. The fourth-order valence-corrected chi connectivity index (χ4v) is 1.94. The van der Waals surface area contributed by atoms with Crippen LogP contribution < -0.4 is 10.7 Å². The molecule has 0 saturated carbocycles. The Labute approximate surface area is 117 Å². The van der Waals surface area contributed by atoms with E-state index in [0.717, 1.165) is 19.4 Å². The monoisotopic (exact) mass is 279 g/mol. The standard InChI is InChI=1S/C13H17N3O2S/c17-12-6-2-1-4-10(12)8-15-16-13(19)14-9-11-5-3-7-18-11/h1-2,4,6,8,11,17H,3,5,7,9H2,(H2,14,16,19). The summed E-state index contributed by atoms with van der Waals surface area (Å²) in [5.41, 5.74) is 3.34. The Balaban J connectivity index is 1.72. The van der Waals surface area contributed by atoms with Crippen LogP contribution in [-0.2, 0) is 4.74 Å². The summed E-state index contributed by atoms with van der Waals surface area (Å²) < 4.78 is 5.47. The number of rotatable bonds is 4. The first-order chi connectivity index (χ1) is 9.25. The van der Waals surface area contributed by atoms with Gasteiger partial charge in [-0.3, -0.25) is 5.43 Å². The van der Waals surface area contributed by atoms with Gasteiger partial charge in [-0.05, 0) is 37.2 Å². The van der Waals surface area contributed by atoms with Gasteiger partial charge in [0.25, 0.3) is 0 Å². The Hall–Kier alpha value is -1.66. The molecule has 1 saturated heterocycles. The fourth-order valence-electron chi connectivity index (χ4n) is 1.81. The molecule has 1 fully saturated rings. The smallest absolute Gasteiger partial charge is 0.187 e. The molecule has 5 nitrogen and oxygen atoms in total. The number of benzene rings is 1. The van der Waals surface area contributed by atoms with Crippen LogP contribution >= 0.6 is 12.2 Å². The highest BCUT2D eigenvalue weighted by Crippen LogP contribution is 2.12. The summed E-state index contributed by atoms with van der Waals surface area (Å²) in [6.07, 6.45) is 3.94. The van der Waals surface area contributed by atoms with Gasteiger partial charge in [-0.2, -0.15) is 5.10 Å². The van der Waals surface area contributed by atoms with Gasteiger partial charge in [0, 0.05) is 18.7 Å². The molecule has 1 unspecified atom stereocenters. The van der Waals surface area contributed by atoms with E-state index in [1.807, 2.05) is 6.07 Å². The van der Waals surface area contributed by atoms with Crippen molar-refractivity contribution in [1.29, 1.82) is 0 Å². The van der Waals surface area contributed by atoms with Gasteiger partial charge in [0.05, 0.1) is 12.3 Å². The second-order valence-electron chi connectivity index (χ2n) is 4.27. The molecule has 1 aromatic carbocycles. The van der Waals surface area contributed by atoms with Gasteiger partial charge in [-0.25, -0.2) is 0 Å². The van der Waals surface area contributed by atoms with Gasteiger partial charge in [-0.1, -0.05) is 12.1 Å². The van der Waals surface area contributed by atoms with Crippen molar-refractivity contribution < 1.29 is 9.84 Å². The number of ether oxygens (including phenoxy) is 1. The van der Waals surface area contributed by atoms with E-state index in [2.05, 4.69) is 15.8 Å². The highest BCUT2D eigenvalue weighted by atomic mass is 32.1. The molecular formula is C13H17N3O2S. The number of aromatic hydroxyl groups is 1. The van der Waals surface area contributed by atoms with E-state index in [0.29, 0.717) is 17.2 Å². The number of thiocarbonyl (C=S) groups is 1. The number of hydrogen-bond acceptors (Lipinski definition) is 4. The highest BCUT2D eigenvalue weighted by molar-refractivity contribution is 7.80. The third-order valence-corrected chi connectivity index (χ3v) is 3.06. The van der Waals surface area contributed by atoms with Crippen LogP contribution in [0.4, 0.5) is 0 Å². The Bertz CT molecular complexity index is 459. The summed E-state index contributed by atoms with van der Waals surface area (Å²) in [6, 6.07) is 6.96. The zero-order valence-electron chi connectivity index (χ0n) is 10.5. The number of para-hydroxylation sites is 1. The number of nitrogens with zero attached hydrogens (tertiary/aromatic N) is 1. The highest BCUT2D eigenvalue weighted by Gasteiger charge is 2.14. The molecule has 0 radical (unpaired) electrons. The van der Waals surface area contributed by atoms with Crippen molar-refractivity contribution in [3.05, 3.63) is 29.8 Å². The summed E-state index contributed by atoms with van der Waals surface area (Å²) in [5.74, 6) is 0.186. The lowest BCUT2D eigenvalue weighted by molar-refractivity contribution is 0.114. The van der Waals surface area contributed by atoms with Crippen molar-refractivity contribution in [2.24, 2.45) is 5.10 Å². The summed E-state index contributed by atoms with van der Waals surface area (Å²) >= 11 is 5.08. The number of phenolic OH excluding ortho intramolecular Hbond substituents is 1. The van der Waals surface area contributed by atoms with Crippen molar-refractivity contribution in [3.8, 4) is 5.75 Å². The van der Waals surface area contributed by atoms with Crippen LogP contribution in [0.2, 0.25) is 0 Å². The first-order valence-electron chi connectivity index (χ1n) is 6.22.